The molecule has 1 aromatic heterocycles. The van der Waals surface area contributed by atoms with Gasteiger partial charge in [0, 0.05) is 10.9 Å². The van der Waals surface area contributed by atoms with Crippen LogP contribution in [0.2, 0.25) is 0 Å². The van der Waals surface area contributed by atoms with Gasteiger partial charge in [-0.25, -0.2) is 4.98 Å². The highest BCUT2D eigenvalue weighted by Crippen LogP contribution is 2.30. The number of hydrogen-bond donors (Lipinski definition) is 2. The second kappa shape index (κ2) is 6.09. The van der Waals surface area contributed by atoms with Crippen molar-refractivity contribution < 1.29 is 5.21 Å². The van der Waals surface area contributed by atoms with Crippen LogP contribution in [0.25, 0.3) is 0 Å². The third-order valence-corrected chi connectivity index (χ3v) is 4.35. The van der Waals surface area contributed by atoms with Crippen molar-refractivity contribution in [3.05, 3.63) is 22.9 Å². The molecule has 0 aromatic carbocycles. The summed E-state index contributed by atoms with van der Waals surface area (Å²) >= 11 is 1.67. The predicted octanol–water partition coefficient (Wildman–Crippen LogP) is 2.93. The van der Waals surface area contributed by atoms with E-state index in [-0.39, 0.29) is 5.84 Å². The van der Waals surface area contributed by atoms with E-state index in [2.05, 4.69) is 30.9 Å². The molecule has 0 bridgehead atoms. The van der Waals surface area contributed by atoms with Gasteiger partial charge in [-0.05, 0) is 31.4 Å². The molecule has 0 fully saturated rings. The van der Waals surface area contributed by atoms with Gasteiger partial charge in [0.2, 0.25) is 0 Å². The van der Waals surface area contributed by atoms with Crippen molar-refractivity contribution in [2.24, 2.45) is 16.8 Å². The first-order valence-corrected chi connectivity index (χ1v) is 6.87. The highest BCUT2D eigenvalue weighted by Gasteiger charge is 2.17. The molecule has 0 saturated carbocycles. The standard InChI is InChI=1S/C13H21N3OS/c1-7(2)10(5)18-13-11(12(14)16-17)8(3)6-9(4)15-13/h6-7,10,17H,1-5H3,(H2,14,16). The fourth-order valence-electron chi connectivity index (χ4n) is 1.56. The molecule has 0 spiro atoms. The van der Waals surface area contributed by atoms with Crippen LogP contribution in [0.15, 0.2) is 16.2 Å². The second-order valence-corrected chi connectivity index (χ2v) is 6.18. The summed E-state index contributed by atoms with van der Waals surface area (Å²) in [6.45, 7) is 10.4. The van der Waals surface area contributed by atoms with E-state index in [4.69, 9.17) is 10.9 Å². The van der Waals surface area contributed by atoms with Crippen molar-refractivity contribution in [3.63, 3.8) is 0 Å². The van der Waals surface area contributed by atoms with Crippen molar-refractivity contribution >= 4 is 17.6 Å². The van der Waals surface area contributed by atoms with E-state index < -0.39 is 0 Å². The van der Waals surface area contributed by atoms with Crippen molar-refractivity contribution in [2.75, 3.05) is 0 Å². The fraction of sp³-hybridized carbons (Fsp3) is 0.538. The van der Waals surface area contributed by atoms with Gasteiger partial charge in [-0.3, -0.25) is 0 Å². The fourth-order valence-corrected chi connectivity index (χ4v) is 2.77. The van der Waals surface area contributed by atoms with Crippen molar-refractivity contribution in [1.29, 1.82) is 0 Å². The van der Waals surface area contributed by atoms with E-state index in [1.54, 1.807) is 11.8 Å². The summed E-state index contributed by atoms with van der Waals surface area (Å²) in [6, 6.07) is 1.94. The van der Waals surface area contributed by atoms with E-state index in [1.165, 1.54) is 0 Å². The Kier molecular flexibility index (Phi) is 5.02. The van der Waals surface area contributed by atoms with Gasteiger partial charge in [0.15, 0.2) is 5.84 Å². The van der Waals surface area contributed by atoms with Gasteiger partial charge >= 0.3 is 0 Å². The van der Waals surface area contributed by atoms with E-state index in [0.717, 1.165) is 21.8 Å². The zero-order chi connectivity index (χ0) is 13.9. The lowest BCUT2D eigenvalue weighted by Crippen LogP contribution is -2.18. The number of aromatic nitrogens is 1. The number of thioether (sulfide) groups is 1. The molecule has 100 valence electrons. The quantitative estimate of drug-likeness (QED) is 0.289. The monoisotopic (exact) mass is 267 g/mol. The van der Waals surface area contributed by atoms with Gasteiger partial charge in [0.05, 0.1) is 5.56 Å². The van der Waals surface area contributed by atoms with Crippen LogP contribution in [-0.4, -0.2) is 21.3 Å². The molecule has 0 aliphatic carbocycles. The van der Waals surface area contributed by atoms with E-state index in [0.29, 0.717) is 11.2 Å². The van der Waals surface area contributed by atoms with Crippen LogP contribution in [0.1, 0.15) is 37.6 Å². The smallest absolute Gasteiger partial charge is 0.173 e. The van der Waals surface area contributed by atoms with Crippen LogP contribution in [0.3, 0.4) is 0 Å². The highest BCUT2D eigenvalue weighted by atomic mass is 32.2. The molecule has 0 amide bonds. The average Bonchev–Trinajstić information content (AvgIpc) is 2.27. The molecule has 0 saturated heterocycles. The summed E-state index contributed by atoms with van der Waals surface area (Å²) < 4.78 is 0. The van der Waals surface area contributed by atoms with Crippen LogP contribution in [-0.2, 0) is 0 Å². The summed E-state index contributed by atoms with van der Waals surface area (Å²) in [4.78, 5) is 4.52. The summed E-state index contributed by atoms with van der Waals surface area (Å²) in [6.07, 6.45) is 0. The number of hydrogen-bond acceptors (Lipinski definition) is 4. The van der Waals surface area contributed by atoms with Gasteiger partial charge < -0.3 is 10.9 Å². The minimum atomic E-state index is 0.124. The number of oxime groups is 1. The molecule has 0 aliphatic rings. The molecular weight excluding hydrogens is 246 g/mol. The van der Waals surface area contributed by atoms with Crippen LogP contribution in [0, 0.1) is 19.8 Å². The van der Waals surface area contributed by atoms with Gasteiger partial charge in [-0.15, -0.1) is 11.8 Å². The first kappa shape index (κ1) is 14.8. The van der Waals surface area contributed by atoms with Gasteiger partial charge in [0.25, 0.3) is 0 Å². The van der Waals surface area contributed by atoms with Crippen LogP contribution < -0.4 is 5.73 Å². The molecule has 1 heterocycles. The second-order valence-electron chi connectivity index (χ2n) is 4.81. The van der Waals surface area contributed by atoms with Gasteiger partial charge in [-0.2, -0.15) is 0 Å². The number of nitrogens with zero attached hydrogens (tertiary/aromatic N) is 2. The Balaban J connectivity index is 3.24. The Morgan fingerprint density at radius 3 is 2.50 bits per heavy atom. The maximum atomic E-state index is 8.88. The molecule has 1 atom stereocenters. The number of aryl methyl sites for hydroxylation is 2. The number of pyridine rings is 1. The molecule has 1 rings (SSSR count). The molecule has 5 heteroatoms. The zero-order valence-corrected chi connectivity index (χ0v) is 12.4. The van der Waals surface area contributed by atoms with E-state index in [9.17, 15) is 0 Å². The number of rotatable bonds is 4. The Hall–Kier alpha value is -1.23. The SMILES string of the molecule is Cc1cc(C)c(/C(N)=N/O)c(SC(C)C(C)C)n1. The number of nitrogens with two attached hydrogens (primary N) is 1. The molecule has 3 N–H and O–H groups in total. The maximum Gasteiger partial charge on any atom is 0.173 e. The molecule has 1 unspecified atom stereocenters. The van der Waals surface area contributed by atoms with Gasteiger partial charge in [-0.1, -0.05) is 25.9 Å². The highest BCUT2D eigenvalue weighted by molar-refractivity contribution is 7.99. The Morgan fingerprint density at radius 1 is 1.39 bits per heavy atom. The van der Waals surface area contributed by atoms with E-state index >= 15 is 0 Å². The molecule has 4 nitrogen and oxygen atoms in total. The van der Waals surface area contributed by atoms with Crippen LogP contribution in [0.4, 0.5) is 0 Å². The summed E-state index contributed by atoms with van der Waals surface area (Å²) in [5.74, 6) is 0.663. The van der Waals surface area contributed by atoms with E-state index in [1.807, 2.05) is 19.9 Å². The lowest BCUT2D eigenvalue weighted by molar-refractivity contribution is 0.318. The summed E-state index contributed by atoms with van der Waals surface area (Å²) in [7, 11) is 0. The van der Waals surface area contributed by atoms with Crippen molar-refractivity contribution in [2.45, 2.75) is 44.9 Å². The lowest BCUT2D eigenvalue weighted by Gasteiger charge is -2.17. The van der Waals surface area contributed by atoms with Gasteiger partial charge in [0.1, 0.15) is 5.03 Å². The van der Waals surface area contributed by atoms with Crippen LogP contribution in [0.5, 0.6) is 0 Å². The minimum Gasteiger partial charge on any atom is -0.409 e. The molecule has 18 heavy (non-hydrogen) atoms. The van der Waals surface area contributed by atoms with Crippen molar-refractivity contribution in [3.8, 4) is 0 Å². The third-order valence-electron chi connectivity index (χ3n) is 2.91. The topological polar surface area (TPSA) is 71.5 Å². The lowest BCUT2D eigenvalue weighted by atomic mass is 10.1. The minimum absolute atomic E-state index is 0.124. The molecular formula is C13H21N3OS. The third kappa shape index (κ3) is 3.38. The Labute approximate surface area is 113 Å². The average molecular weight is 267 g/mol. The first-order valence-electron chi connectivity index (χ1n) is 5.99. The maximum absolute atomic E-state index is 8.88. The normalized spacial score (nSPS) is 14.0. The Morgan fingerprint density at radius 2 is 2.00 bits per heavy atom. The molecule has 0 aliphatic heterocycles. The first-order chi connectivity index (χ1) is 8.36. The molecule has 1 aromatic rings. The van der Waals surface area contributed by atoms with Crippen molar-refractivity contribution in [1.82, 2.24) is 4.98 Å². The number of amidine groups is 1. The summed E-state index contributed by atoms with van der Waals surface area (Å²) in [5, 5.41) is 13.2. The van der Waals surface area contributed by atoms with Crippen LogP contribution >= 0.6 is 11.8 Å². The molecule has 0 radical (unpaired) electrons. The predicted molar refractivity (Wildman–Crippen MR) is 76.4 cm³/mol. The summed E-state index contributed by atoms with van der Waals surface area (Å²) in [5.41, 5.74) is 8.41. The zero-order valence-electron chi connectivity index (χ0n) is 11.6. The largest absolute Gasteiger partial charge is 0.409 e. The Bertz CT molecular complexity index is 458.